The van der Waals surface area contributed by atoms with Crippen molar-refractivity contribution in [1.29, 1.82) is 0 Å². The number of piperidine rings is 1. The number of pyridine rings is 1. The van der Waals surface area contributed by atoms with Gasteiger partial charge in [0, 0.05) is 25.2 Å². The van der Waals surface area contributed by atoms with Gasteiger partial charge in [-0.15, -0.1) is 0 Å². The number of hydrogen-bond acceptors (Lipinski definition) is 6. The number of nitrogens with zero attached hydrogens (tertiary/aromatic N) is 5. The van der Waals surface area contributed by atoms with Gasteiger partial charge in [-0.25, -0.2) is 4.98 Å². The van der Waals surface area contributed by atoms with Crippen LogP contribution >= 0.6 is 11.6 Å². The number of aromatic amines is 1. The summed E-state index contributed by atoms with van der Waals surface area (Å²) in [5.74, 6) is 0.727. The fraction of sp³-hybridized carbons (Fsp3) is 0.312. The minimum Gasteiger partial charge on any atom is -0.355 e. The van der Waals surface area contributed by atoms with E-state index in [9.17, 15) is 4.79 Å². The fourth-order valence-corrected chi connectivity index (χ4v) is 3.22. The second-order valence-electron chi connectivity index (χ2n) is 5.91. The lowest BCUT2D eigenvalue weighted by molar-refractivity contribution is -0.120. The molecule has 1 amide bonds. The zero-order valence-electron chi connectivity index (χ0n) is 13.3. The Morgan fingerprint density at radius 3 is 2.92 bits per heavy atom. The molecule has 0 spiro atoms. The third kappa shape index (κ3) is 3.25. The van der Waals surface area contributed by atoms with Crippen LogP contribution in [-0.2, 0) is 4.79 Å². The molecule has 128 valence electrons. The minimum absolute atomic E-state index is 0.0278. The molecule has 1 fully saturated rings. The van der Waals surface area contributed by atoms with E-state index in [1.165, 1.54) is 0 Å². The van der Waals surface area contributed by atoms with Crippen LogP contribution in [0.1, 0.15) is 12.8 Å². The minimum atomic E-state index is -0.0361. The van der Waals surface area contributed by atoms with Gasteiger partial charge in [0.05, 0.1) is 18.2 Å². The fourth-order valence-electron chi connectivity index (χ4n) is 3.06. The third-order valence-corrected chi connectivity index (χ3v) is 4.50. The van der Waals surface area contributed by atoms with Crippen molar-refractivity contribution in [2.24, 2.45) is 5.92 Å². The number of rotatable bonds is 3. The Morgan fingerprint density at radius 1 is 1.32 bits per heavy atom. The van der Waals surface area contributed by atoms with Crippen molar-refractivity contribution < 1.29 is 4.79 Å². The zero-order chi connectivity index (χ0) is 17.2. The number of hydrogen-bond donors (Lipinski definition) is 2. The predicted molar refractivity (Wildman–Crippen MR) is 94.5 cm³/mol. The Morgan fingerprint density at radius 2 is 2.16 bits per heavy atom. The molecule has 9 heteroatoms. The van der Waals surface area contributed by atoms with Crippen molar-refractivity contribution in [2.75, 3.05) is 23.3 Å². The van der Waals surface area contributed by atoms with Gasteiger partial charge in [0.15, 0.2) is 11.5 Å². The van der Waals surface area contributed by atoms with Gasteiger partial charge in [0.2, 0.25) is 11.2 Å². The maximum Gasteiger partial charge on any atom is 0.227 e. The number of carbonyl (C=O) groups is 1. The maximum atomic E-state index is 12.4. The summed E-state index contributed by atoms with van der Waals surface area (Å²) < 4.78 is 0. The van der Waals surface area contributed by atoms with Crippen LogP contribution in [0.25, 0.3) is 11.2 Å². The first-order chi connectivity index (χ1) is 12.2. The molecule has 0 aromatic carbocycles. The van der Waals surface area contributed by atoms with E-state index in [-0.39, 0.29) is 17.1 Å². The normalized spacial score (nSPS) is 15.5. The van der Waals surface area contributed by atoms with Gasteiger partial charge in [-0.2, -0.15) is 9.97 Å². The number of fused-ring (bicyclic) bond motifs is 1. The van der Waals surface area contributed by atoms with Gasteiger partial charge in [0.1, 0.15) is 5.52 Å². The Kier molecular flexibility index (Phi) is 4.19. The Labute approximate surface area is 148 Å². The molecule has 4 heterocycles. The van der Waals surface area contributed by atoms with Crippen LogP contribution in [0.15, 0.2) is 30.9 Å². The van der Waals surface area contributed by atoms with Crippen LogP contribution in [0.5, 0.6) is 0 Å². The highest BCUT2D eigenvalue weighted by molar-refractivity contribution is 6.28. The summed E-state index contributed by atoms with van der Waals surface area (Å²) in [6.07, 6.45) is 6.38. The van der Waals surface area contributed by atoms with Gasteiger partial charge < -0.3 is 15.2 Å². The number of anilines is 2. The quantitative estimate of drug-likeness (QED) is 0.697. The molecule has 0 aliphatic carbocycles. The lowest BCUT2D eigenvalue weighted by atomic mass is 9.96. The molecule has 1 aliphatic rings. The van der Waals surface area contributed by atoms with Gasteiger partial charge in [-0.05, 0) is 36.6 Å². The first-order valence-corrected chi connectivity index (χ1v) is 8.41. The summed E-state index contributed by atoms with van der Waals surface area (Å²) in [6.45, 7) is 1.43. The van der Waals surface area contributed by atoms with Crippen molar-refractivity contribution in [3.05, 3.63) is 36.1 Å². The predicted octanol–water partition coefficient (Wildman–Crippen LogP) is 2.26. The van der Waals surface area contributed by atoms with E-state index >= 15 is 0 Å². The van der Waals surface area contributed by atoms with Crippen molar-refractivity contribution in [2.45, 2.75) is 12.8 Å². The molecule has 0 radical (unpaired) electrons. The molecule has 1 aliphatic heterocycles. The van der Waals surface area contributed by atoms with Crippen LogP contribution in [0.3, 0.4) is 0 Å². The van der Waals surface area contributed by atoms with Crippen LogP contribution in [0.4, 0.5) is 11.5 Å². The molecule has 25 heavy (non-hydrogen) atoms. The van der Waals surface area contributed by atoms with Gasteiger partial charge in [0.25, 0.3) is 0 Å². The van der Waals surface area contributed by atoms with E-state index in [1.54, 1.807) is 24.8 Å². The number of imidazole rings is 1. The molecule has 3 aromatic rings. The monoisotopic (exact) mass is 357 g/mol. The SMILES string of the molecule is O=C(Nc1cccnc1)C1CCN(c2nc(Cl)nc3nc[nH]c23)CC1. The lowest BCUT2D eigenvalue weighted by Crippen LogP contribution is -2.38. The van der Waals surface area contributed by atoms with E-state index < -0.39 is 0 Å². The summed E-state index contributed by atoms with van der Waals surface area (Å²) in [5, 5.41) is 3.09. The summed E-state index contributed by atoms with van der Waals surface area (Å²) in [4.78, 5) is 34.2. The average Bonchev–Trinajstić information content (AvgIpc) is 3.10. The van der Waals surface area contributed by atoms with E-state index in [4.69, 9.17) is 11.6 Å². The Balaban J connectivity index is 1.44. The van der Waals surface area contributed by atoms with Gasteiger partial charge in [-0.1, -0.05) is 0 Å². The second-order valence-corrected chi connectivity index (χ2v) is 6.25. The van der Waals surface area contributed by atoms with Crippen molar-refractivity contribution in [3.8, 4) is 0 Å². The van der Waals surface area contributed by atoms with Crippen molar-refractivity contribution in [1.82, 2.24) is 24.9 Å². The molecule has 8 nitrogen and oxygen atoms in total. The highest BCUT2D eigenvalue weighted by atomic mass is 35.5. The molecule has 0 bridgehead atoms. The number of carbonyl (C=O) groups excluding carboxylic acids is 1. The number of halogens is 1. The van der Waals surface area contributed by atoms with Crippen LogP contribution in [-0.4, -0.2) is 43.9 Å². The summed E-state index contributed by atoms with van der Waals surface area (Å²) in [7, 11) is 0. The Bertz CT molecular complexity index is 890. The van der Waals surface area contributed by atoms with Crippen LogP contribution in [0, 0.1) is 5.92 Å². The molecular formula is C16H16ClN7O. The summed E-state index contributed by atoms with van der Waals surface area (Å²) >= 11 is 6.00. The second kappa shape index (κ2) is 6.64. The van der Waals surface area contributed by atoms with E-state index in [1.807, 2.05) is 6.07 Å². The molecule has 4 rings (SSSR count). The molecule has 2 N–H and O–H groups in total. The van der Waals surface area contributed by atoms with Gasteiger partial charge >= 0.3 is 0 Å². The smallest absolute Gasteiger partial charge is 0.227 e. The first-order valence-electron chi connectivity index (χ1n) is 8.03. The van der Waals surface area contributed by atoms with Crippen LogP contribution < -0.4 is 10.2 Å². The number of amides is 1. The van der Waals surface area contributed by atoms with Gasteiger partial charge in [-0.3, -0.25) is 9.78 Å². The highest BCUT2D eigenvalue weighted by Gasteiger charge is 2.27. The van der Waals surface area contributed by atoms with Crippen molar-refractivity contribution in [3.63, 3.8) is 0 Å². The summed E-state index contributed by atoms with van der Waals surface area (Å²) in [6, 6.07) is 3.63. The molecule has 0 saturated carbocycles. The highest BCUT2D eigenvalue weighted by Crippen LogP contribution is 2.27. The lowest BCUT2D eigenvalue weighted by Gasteiger charge is -2.32. The number of H-pyrrole nitrogens is 1. The average molecular weight is 358 g/mol. The number of aromatic nitrogens is 5. The topological polar surface area (TPSA) is 99.7 Å². The van der Waals surface area contributed by atoms with E-state index in [0.717, 1.165) is 29.9 Å². The maximum absolute atomic E-state index is 12.4. The largest absolute Gasteiger partial charge is 0.355 e. The number of nitrogens with one attached hydrogen (secondary N) is 2. The van der Waals surface area contributed by atoms with Crippen molar-refractivity contribution >= 4 is 40.2 Å². The van der Waals surface area contributed by atoms with E-state index in [0.29, 0.717) is 18.7 Å². The molecule has 0 atom stereocenters. The molecule has 3 aromatic heterocycles. The third-order valence-electron chi connectivity index (χ3n) is 4.33. The zero-order valence-corrected chi connectivity index (χ0v) is 14.1. The molecular weight excluding hydrogens is 342 g/mol. The van der Waals surface area contributed by atoms with E-state index in [2.05, 4.69) is 35.1 Å². The standard InChI is InChI=1S/C16H16ClN7O/c17-16-22-13-12(19-9-20-13)14(23-16)24-6-3-10(4-7-24)15(25)21-11-2-1-5-18-8-11/h1-2,5,8-10H,3-4,6-7H2,(H,21,25)(H,19,20,22,23). The molecule has 1 saturated heterocycles. The first kappa shape index (κ1) is 15.8. The van der Waals surface area contributed by atoms with Crippen LogP contribution in [0.2, 0.25) is 5.28 Å². The Hall–Kier alpha value is -2.74. The molecule has 0 unspecified atom stereocenters. The summed E-state index contributed by atoms with van der Waals surface area (Å²) in [5.41, 5.74) is 2.03.